The molecule has 3 rings (SSSR count). The Morgan fingerprint density at radius 2 is 1.79 bits per heavy atom. The summed E-state index contributed by atoms with van der Waals surface area (Å²) < 4.78 is 10.6. The van der Waals surface area contributed by atoms with E-state index < -0.39 is 0 Å². The van der Waals surface area contributed by atoms with Crippen LogP contribution in [0.4, 0.5) is 11.5 Å². The summed E-state index contributed by atoms with van der Waals surface area (Å²) in [6.45, 7) is 4.50. The third-order valence-corrected chi connectivity index (χ3v) is 4.66. The highest BCUT2D eigenvalue weighted by Crippen LogP contribution is 2.27. The molecule has 0 radical (unpaired) electrons. The number of aromatic nitrogens is 2. The van der Waals surface area contributed by atoms with Crippen molar-refractivity contribution in [2.75, 3.05) is 24.9 Å². The largest absolute Gasteiger partial charge is 0.493 e. The monoisotopic (exact) mass is 392 g/mol. The van der Waals surface area contributed by atoms with Gasteiger partial charge in [0.15, 0.2) is 11.5 Å². The standard InChI is InChI=1S/C22H24N4O3/c1-14-6-5-7-17(15(14)2)26-22(27)18-12-25-21(13-23-18)24-11-16-8-9-19(28-3)20(10-16)29-4/h5-10,12-13H,11H2,1-4H3,(H,24,25)(H,26,27). The molecule has 2 aromatic carbocycles. The second-order valence-electron chi connectivity index (χ2n) is 6.53. The zero-order valence-corrected chi connectivity index (χ0v) is 16.9. The van der Waals surface area contributed by atoms with E-state index >= 15 is 0 Å². The number of carbonyl (C=O) groups is 1. The van der Waals surface area contributed by atoms with E-state index in [4.69, 9.17) is 9.47 Å². The number of ether oxygens (including phenoxy) is 2. The Kier molecular flexibility index (Phi) is 6.29. The van der Waals surface area contributed by atoms with Crippen molar-refractivity contribution in [1.82, 2.24) is 9.97 Å². The molecule has 3 aromatic rings. The van der Waals surface area contributed by atoms with Crippen molar-refractivity contribution < 1.29 is 14.3 Å². The van der Waals surface area contributed by atoms with Crippen LogP contribution in [-0.4, -0.2) is 30.1 Å². The molecule has 1 aromatic heterocycles. The van der Waals surface area contributed by atoms with Crippen LogP contribution < -0.4 is 20.1 Å². The zero-order valence-electron chi connectivity index (χ0n) is 16.9. The van der Waals surface area contributed by atoms with Gasteiger partial charge in [-0.05, 0) is 48.7 Å². The zero-order chi connectivity index (χ0) is 20.8. The Morgan fingerprint density at radius 3 is 2.48 bits per heavy atom. The van der Waals surface area contributed by atoms with E-state index in [1.54, 1.807) is 20.4 Å². The number of benzene rings is 2. The predicted molar refractivity (Wildman–Crippen MR) is 113 cm³/mol. The highest BCUT2D eigenvalue weighted by Gasteiger charge is 2.11. The van der Waals surface area contributed by atoms with E-state index in [-0.39, 0.29) is 11.6 Å². The molecule has 0 aliphatic heterocycles. The molecule has 150 valence electrons. The number of amides is 1. The molecule has 1 heterocycles. The molecule has 1 amide bonds. The topological polar surface area (TPSA) is 85.4 Å². The van der Waals surface area contributed by atoms with Gasteiger partial charge in [-0.1, -0.05) is 18.2 Å². The van der Waals surface area contributed by atoms with Crippen molar-refractivity contribution in [2.24, 2.45) is 0 Å². The lowest BCUT2D eigenvalue weighted by molar-refractivity contribution is 0.102. The summed E-state index contributed by atoms with van der Waals surface area (Å²) in [7, 11) is 3.20. The van der Waals surface area contributed by atoms with E-state index in [2.05, 4.69) is 20.6 Å². The minimum absolute atomic E-state index is 0.252. The molecular formula is C22H24N4O3. The molecule has 29 heavy (non-hydrogen) atoms. The van der Waals surface area contributed by atoms with Crippen molar-refractivity contribution in [3.05, 3.63) is 71.2 Å². The summed E-state index contributed by atoms with van der Waals surface area (Å²) in [6.07, 6.45) is 3.00. The Balaban J connectivity index is 1.63. The molecular weight excluding hydrogens is 368 g/mol. The fourth-order valence-corrected chi connectivity index (χ4v) is 2.79. The van der Waals surface area contributed by atoms with Crippen LogP contribution in [0.2, 0.25) is 0 Å². The highest BCUT2D eigenvalue weighted by atomic mass is 16.5. The quantitative estimate of drug-likeness (QED) is 0.633. The fourth-order valence-electron chi connectivity index (χ4n) is 2.79. The van der Waals surface area contributed by atoms with Gasteiger partial charge < -0.3 is 20.1 Å². The Morgan fingerprint density at radius 1 is 1.00 bits per heavy atom. The fraction of sp³-hybridized carbons (Fsp3) is 0.227. The van der Waals surface area contributed by atoms with Crippen LogP contribution in [0, 0.1) is 13.8 Å². The van der Waals surface area contributed by atoms with Gasteiger partial charge in [0.2, 0.25) is 0 Å². The summed E-state index contributed by atoms with van der Waals surface area (Å²) in [4.78, 5) is 20.9. The molecule has 0 saturated heterocycles. The minimum atomic E-state index is -0.294. The number of hydrogen-bond acceptors (Lipinski definition) is 6. The Labute approximate surface area is 170 Å². The average molecular weight is 392 g/mol. The molecule has 0 unspecified atom stereocenters. The molecule has 2 N–H and O–H groups in total. The lowest BCUT2D eigenvalue weighted by Gasteiger charge is -2.11. The number of nitrogens with zero attached hydrogens (tertiary/aromatic N) is 2. The van der Waals surface area contributed by atoms with Crippen molar-refractivity contribution >= 4 is 17.4 Å². The number of hydrogen-bond donors (Lipinski definition) is 2. The number of rotatable bonds is 7. The molecule has 7 nitrogen and oxygen atoms in total. The first kappa shape index (κ1) is 20.1. The molecule has 0 aliphatic rings. The molecule has 0 fully saturated rings. The third kappa shape index (κ3) is 4.82. The summed E-state index contributed by atoms with van der Waals surface area (Å²) in [5.41, 5.74) is 4.17. The summed E-state index contributed by atoms with van der Waals surface area (Å²) in [5, 5.41) is 6.06. The molecule has 0 spiro atoms. The van der Waals surface area contributed by atoms with E-state index in [1.807, 2.05) is 50.2 Å². The Hall–Kier alpha value is -3.61. The van der Waals surface area contributed by atoms with Crippen LogP contribution in [0.15, 0.2) is 48.8 Å². The second-order valence-corrected chi connectivity index (χ2v) is 6.53. The van der Waals surface area contributed by atoms with Gasteiger partial charge in [0, 0.05) is 12.2 Å². The first-order valence-corrected chi connectivity index (χ1v) is 9.16. The average Bonchev–Trinajstić information content (AvgIpc) is 2.75. The highest BCUT2D eigenvalue weighted by molar-refractivity contribution is 6.03. The van der Waals surface area contributed by atoms with Crippen LogP contribution in [0.1, 0.15) is 27.2 Å². The van der Waals surface area contributed by atoms with Crippen molar-refractivity contribution in [2.45, 2.75) is 20.4 Å². The van der Waals surface area contributed by atoms with Crippen molar-refractivity contribution in [1.29, 1.82) is 0 Å². The van der Waals surface area contributed by atoms with Crippen LogP contribution in [0.5, 0.6) is 11.5 Å². The van der Waals surface area contributed by atoms with Gasteiger partial charge in [-0.25, -0.2) is 9.97 Å². The molecule has 0 aliphatic carbocycles. The molecule has 0 atom stereocenters. The SMILES string of the molecule is COc1ccc(CNc2cnc(C(=O)Nc3cccc(C)c3C)cn2)cc1OC. The maximum atomic E-state index is 12.4. The van der Waals surface area contributed by atoms with Crippen LogP contribution in [-0.2, 0) is 6.54 Å². The van der Waals surface area contributed by atoms with Gasteiger partial charge in [-0.15, -0.1) is 0 Å². The minimum Gasteiger partial charge on any atom is -0.493 e. The maximum Gasteiger partial charge on any atom is 0.275 e. The van der Waals surface area contributed by atoms with Crippen LogP contribution in [0.25, 0.3) is 0 Å². The third-order valence-electron chi connectivity index (χ3n) is 4.66. The van der Waals surface area contributed by atoms with E-state index in [0.29, 0.717) is 23.9 Å². The number of methoxy groups -OCH3 is 2. The van der Waals surface area contributed by atoms with Crippen LogP contribution in [0.3, 0.4) is 0 Å². The smallest absolute Gasteiger partial charge is 0.275 e. The van der Waals surface area contributed by atoms with Gasteiger partial charge in [-0.3, -0.25) is 4.79 Å². The van der Waals surface area contributed by atoms with Crippen molar-refractivity contribution in [3.8, 4) is 11.5 Å². The Bertz CT molecular complexity index is 1000. The van der Waals surface area contributed by atoms with Gasteiger partial charge in [-0.2, -0.15) is 0 Å². The van der Waals surface area contributed by atoms with Crippen molar-refractivity contribution in [3.63, 3.8) is 0 Å². The molecule has 0 bridgehead atoms. The second kappa shape index (κ2) is 9.05. The van der Waals surface area contributed by atoms with Crippen LogP contribution >= 0.6 is 0 Å². The number of nitrogens with one attached hydrogen (secondary N) is 2. The van der Waals surface area contributed by atoms with E-state index in [0.717, 1.165) is 22.4 Å². The van der Waals surface area contributed by atoms with Gasteiger partial charge in [0.1, 0.15) is 11.5 Å². The lowest BCUT2D eigenvalue weighted by atomic mass is 10.1. The summed E-state index contributed by atoms with van der Waals surface area (Å²) in [5.74, 6) is 1.62. The lowest BCUT2D eigenvalue weighted by Crippen LogP contribution is -2.15. The normalized spacial score (nSPS) is 10.3. The predicted octanol–water partition coefficient (Wildman–Crippen LogP) is 3.98. The van der Waals surface area contributed by atoms with Gasteiger partial charge >= 0.3 is 0 Å². The summed E-state index contributed by atoms with van der Waals surface area (Å²) >= 11 is 0. The molecule has 7 heteroatoms. The number of carbonyl (C=O) groups excluding carboxylic acids is 1. The molecule has 0 saturated carbocycles. The van der Waals surface area contributed by atoms with E-state index in [9.17, 15) is 4.79 Å². The van der Waals surface area contributed by atoms with Gasteiger partial charge in [0.25, 0.3) is 5.91 Å². The summed E-state index contributed by atoms with van der Waals surface area (Å²) in [6, 6.07) is 11.5. The number of anilines is 2. The first-order valence-electron chi connectivity index (χ1n) is 9.16. The van der Waals surface area contributed by atoms with E-state index in [1.165, 1.54) is 6.20 Å². The maximum absolute atomic E-state index is 12.4. The number of aryl methyl sites for hydroxylation is 1. The first-order chi connectivity index (χ1) is 14.0. The van der Waals surface area contributed by atoms with Gasteiger partial charge in [0.05, 0.1) is 26.6 Å².